The zero-order valence-corrected chi connectivity index (χ0v) is 14.2. The molecule has 0 spiro atoms. The molecule has 0 aromatic carbocycles. The molecule has 1 saturated carbocycles. The van der Waals surface area contributed by atoms with Crippen molar-refractivity contribution in [1.82, 2.24) is 20.4 Å². The van der Waals surface area contributed by atoms with Crippen molar-refractivity contribution in [3.63, 3.8) is 0 Å². The van der Waals surface area contributed by atoms with Crippen molar-refractivity contribution >= 4 is 11.8 Å². The molecule has 1 saturated heterocycles. The number of hydrogen-bond donors (Lipinski definition) is 2. The minimum Gasteiger partial charge on any atom is -0.352 e. The zero-order valence-electron chi connectivity index (χ0n) is 14.2. The molecule has 7 heteroatoms. The van der Waals surface area contributed by atoms with Crippen LogP contribution in [0.5, 0.6) is 0 Å². The van der Waals surface area contributed by atoms with Gasteiger partial charge in [0, 0.05) is 32.7 Å². The van der Waals surface area contributed by atoms with Crippen LogP contribution in [0.25, 0.3) is 0 Å². The van der Waals surface area contributed by atoms with Gasteiger partial charge in [0.1, 0.15) is 5.54 Å². The van der Waals surface area contributed by atoms with Crippen molar-refractivity contribution in [3.05, 3.63) is 12.7 Å². The van der Waals surface area contributed by atoms with E-state index in [0.29, 0.717) is 19.6 Å². The van der Waals surface area contributed by atoms with Crippen LogP contribution in [0, 0.1) is 11.3 Å². The van der Waals surface area contributed by atoms with Crippen LogP contribution < -0.4 is 10.6 Å². The van der Waals surface area contributed by atoms with Gasteiger partial charge in [-0.25, -0.2) is 0 Å². The monoisotopic (exact) mass is 333 g/mol. The third kappa shape index (κ3) is 5.32. The number of piperazine rings is 1. The molecule has 0 bridgehead atoms. The fourth-order valence-corrected chi connectivity index (χ4v) is 3.30. The molecule has 0 radical (unpaired) electrons. The molecule has 2 aliphatic rings. The van der Waals surface area contributed by atoms with Gasteiger partial charge in [0.15, 0.2) is 0 Å². The van der Waals surface area contributed by atoms with Crippen LogP contribution in [-0.4, -0.2) is 73.0 Å². The summed E-state index contributed by atoms with van der Waals surface area (Å²) in [4.78, 5) is 28.1. The van der Waals surface area contributed by atoms with E-state index in [9.17, 15) is 14.9 Å². The predicted molar refractivity (Wildman–Crippen MR) is 91.0 cm³/mol. The first-order valence-electron chi connectivity index (χ1n) is 8.61. The summed E-state index contributed by atoms with van der Waals surface area (Å²) in [5, 5.41) is 15.0. The molecule has 1 heterocycles. The van der Waals surface area contributed by atoms with Gasteiger partial charge >= 0.3 is 0 Å². The Morgan fingerprint density at radius 3 is 2.12 bits per heavy atom. The lowest BCUT2D eigenvalue weighted by Gasteiger charge is -2.34. The molecular formula is C17H27N5O2. The molecule has 2 N–H and O–H groups in total. The molecule has 2 fully saturated rings. The van der Waals surface area contributed by atoms with Crippen LogP contribution in [0.2, 0.25) is 0 Å². The topological polar surface area (TPSA) is 88.5 Å². The molecule has 1 aliphatic heterocycles. The Kier molecular flexibility index (Phi) is 6.76. The number of rotatable bonds is 7. The van der Waals surface area contributed by atoms with Crippen LogP contribution >= 0.6 is 0 Å². The Morgan fingerprint density at radius 1 is 1.08 bits per heavy atom. The minimum absolute atomic E-state index is 0.00158. The molecule has 0 aromatic heterocycles. The Labute approximate surface area is 143 Å². The van der Waals surface area contributed by atoms with Crippen molar-refractivity contribution in [2.45, 2.75) is 31.2 Å². The SMILES string of the molecule is C=CCNC(=O)CN1CCN(CC(=O)NC2(C#N)CCCC2)CC1. The van der Waals surface area contributed by atoms with Gasteiger partial charge in [0.2, 0.25) is 11.8 Å². The Balaban J connectivity index is 1.69. The number of nitriles is 1. The van der Waals surface area contributed by atoms with Gasteiger partial charge in [-0.05, 0) is 25.7 Å². The first-order valence-corrected chi connectivity index (χ1v) is 8.61. The molecule has 2 rings (SSSR count). The zero-order chi connectivity index (χ0) is 17.4. The first kappa shape index (κ1) is 18.4. The maximum atomic E-state index is 12.2. The number of carbonyl (C=O) groups is 2. The van der Waals surface area contributed by atoms with Crippen LogP contribution in [0.15, 0.2) is 12.7 Å². The second-order valence-corrected chi connectivity index (χ2v) is 6.59. The summed E-state index contributed by atoms with van der Waals surface area (Å²) in [7, 11) is 0. The second-order valence-electron chi connectivity index (χ2n) is 6.59. The summed E-state index contributed by atoms with van der Waals surface area (Å²) in [5.74, 6) is -0.0751. The van der Waals surface area contributed by atoms with E-state index in [0.717, 1.165) is 51.9 Å². The number of nitrogens with zero attached hydrogens (tertiary/aromatic N) is 3. The fraction of sp³-hybridized carbons (Fsp3) is 0.706. The number of nitrogens with one attached hydrogen (secondary N) is 2. The van der Waals surface area contributed by atoms with E-state index in [1.807, 2.05) is 0 Å². The average molecular weight is 333 g/mol. The maximum Gasteiger partial charge on any atom is 0.235 e. The Hall–Kier alpha value is -1.91. The van der Waals surface area contributed by atoms with Crippen molar-refractivity contribution in [2.75, 3.05) is 45.8 Å². The smallest absolute Gasteiger partial charge is 0.235 e. The maximum absolute atomic E-state index is 12.2. The van der Waals surface area contributed by atoms with E-state index < -0.39 is 5.54 Å². The highest BCUT2D eigenvalue weighted by Crippen LogP contribution is 2.28. The van der Waals surface area contributed by atoms with Gasteiger partial charge in [-0.1, -0.05) is 6.08 Å². The van der Waals surface area contributed by atoms with Crippen LogP contribution in [-0.2, 0) is 9.59 Å². The summed E-state index contributed by atoms with van der Waals surface area (Å²) in [6, 6.07) is 2.28. The molecule has 0 unspecified atom stereocenters. The van der Waals surface area contributed by atoms with Gasteiger partial charge in [-0.3, -0.25) is 19.4 Å². The minimum atomic E-state index is -0.651. The Morgan fingerprint density at radius 2 is 1.62 bits per heavy atom. The first-order chi connectivity index (χ1) is 11.6. The van der Waals surface area contributed by atoms with Gasteiger partial charge in [-0.15, -0.1) is 6.58 Å². The highest BCUT2D eigenvalue weighted by molar-refractivity contribution is 5.79. The van der Waals surface area contributed by atoms with E-state index >= 15 is 0 Å². The van der Waals surface area contributed by atoms with Crippen LogP contribution in [0.1, 0.15) is 25.7 Å². The van der Waals surface area contributed by atoms with Crippen LogP contribution in [0.4, 0.5) is 0 Å². The van der Waals surface area contributed by atoms with E-state index in [1.54, 1.807) is 6.08 Å². The van der Waals surface area contributed by atoms with Gasteiger partial charge in [0.25, 0.3) is 0 Å². The summed E-state index contributed by atoms with van der Waals surface area (Å²) in [6.45, 7) is 7.78. The van der Waals surface area contributed by atoms with Gasteiger partial charge in [0.05, 0.1) is 19.2 Å². The molecular weight excluding hydrogens is 306 g/mol. The normalized spacial score (nSPS) is 21.0. The van der Waals surface area contributed by atoms with Crippen molar-refractivity contribution < 1.29 is 9.59 Å². The quantitative estimate of drug-likeness (QED) is 0.633. The average Bonchev–Trinajstić information content (AvgIpc) is 3.03. The second kappa shape index (κ2) is 8.81. The highest BCUT2D eigenvalue weighted by Gasteiger charge is 2.35. The molecule has 7 nitrogen and oxygen atoms in total. The van der Waals surface area contributed by atoms with E-state index in [2.05, 4.69) is 33.1 Å². The van der Waals surface area contributed by atoms with Gasteiger partial charge < -0.3 is 10.6 Å². The Bertz CT molecular complexity index is 500. The molecule has 1 aliphatic carbocycles. The molecule has 2 amide bonds. The summed E-state index contributed by atoms with van der Waals surface area (Å²) in [5.41, 5.74) is -0.651. The number of carbonyl (C=O) groups excluding carboxylic acids is 2. The number of hydrogen-bond acceptors (Lipinski definition) is 5. The van der Waals surface area contributed by atoms with Crippen molar-refractivity contribution in [2.24, 2.45) is 0 Å². The lowest BCUT2D eigenvalue weighted by atomic mass is 10.00. The summed E-state index contributed by atoms with van der Waals surface area (Å²) < 4.78 is 0. The van der Waals surface area contributed by atoms with Crippen molar-refractivity contribution in [1.29, 1.82) is 5.26 Å². The summed E-state index contributed by atoms with van der Waals surface area (Å²) in [6.07, 6.45) is 5.17. The molecule has 24 heavy (non-hydrogen) atoms. The molecule has 0 aromatic rings. The van der Waals surface area contributed by atoms with Crippen molar-refractivity contribution in [3.8, 4) is 6.07 Å². The predicted octanol–water partition coefficient (Wildman–Crippen LogP) is -0.141. The molecule has 0 atom stereocenters. The summed E-state index contributed by atoms with van der Waals surface area (Å²) >= 11 is 0. The van der Waals surface area contributed by atoms with Crippen LogP contribution in [0.3, 0.4) is 0 Å². The largest absolute Gasteiger partial charge is 0.352 e. The van der Waals surface area contributed by atoms with E-state index in [1.165, 1.54) is 0 Å². The third-order valence-electron chi connectivity index (χ3n) is 4.69. The van der Waals surface area contributed by atoms with E-state index in [-0.39, 0.29) is 11.8 Å². The standard InChI is InChI=1S/C17H27N5O2/c1-2-7-19-15(23)12-21-8-10-22(11-9-21)13-16(24)20-17(14-18)5-3-4-6-17/h2H,1,3-13H2,(H,19,23)(H,20,24). The molecule has 132 valence electrons. The highest BCUT2D eigenvalue weighted by atomic mass is 16.2. The number of amides is 2. The third-order valence-corrected chi connectivity index (χ3v) is 4.69. The lowest BCUT2D eigenvalue weighted by molar-refractivity contribution is -0.125. The lowest BCUT2D eigenvalue weighted by Crippen LogP contribution is -2.54. The fourth-order valence-electron chi connectivity index (χ4n) is 3.30. The van der Waals surface area contributed by atoms with Gasteiger partial charge in [-0.2, -0.15) is 5.26 Å². The van der Waals surface area contributed by atoms with E-state index in [4.69, 9.17) is 0 Å².